The van der Waals surface area contributed by atoms with Gasteiger partial charge < -0.3 is 19.9 Å². The summed E-state index contributed by atoms with van der Waals surface area (Å²) < 4.78 is 18.1. The lowest BCUT2D eigenvalue weighted by atomic mass is 10.2. The van der Waals surface area contributed by atoms with E-state index in [9.17, 15) is 14.0 Å². The van der Waals surface area contributed by atoms with Gasteiger partial charge in [0.05, 0.1) is 7.11 Å². The first-order chi connectivity index (χ1) is 14.5. The highest BCUT2D eigenvalue weighted by Crippen LogP contribution is 2.17. The minimum Gasteiger partial charge on any atom is -0.497 e. The number of carbonyl (C=O) groups excluding carboxylic acids is 2. The highest BCUT2D eigenvalue weighted by atomic mass is 19.1. The maximum Gasteiger partial charge on any atom is 0.244 e. The predicted molar refractivity (Wildman–Crippen MR) is 115 cm³/mol. The summed E-state index contributed by atoms with van der Waals surface area (Å²) >= 11 is 0. The Bertz CT molecular complexity index is 874. The largest absolute Gasteiger partial charge is 0.497 e. The van der Waals surface area contributed by atoms with Gasteiger partial charge in [-0.25, -0.2) is 4.39 Å². The molecule has 1 fully saturated rings. The van der Waals surface area contributed by atoms with Crippen molar-refractivity contribution >= 4 is 23.6 Å². The zero-order valence-corrected chi connectivity index (χ0v) is 17.0. The van der Waals surface area contributed by atoms with Gasteiger partial charge in [0.1, 0.15) is 11.6 Å². The molecule has 30 heavy (non-hydrogen) atoms. The molecular formula is C23H26FN3O3. The first kappa shape index (κ1) is 21.4. The van der Waals surface area contributed by atoms with Gasteiger partial charge in [0.2, 0.25) is 11.8 Å². The number of carbonyl (C=O) groups is 2. The second-order valence-electron chi connectivity index (χ2n) is 6.99. The van der Waals surface area contributed by atoms with E-state index in [-0.39, 0.29) is 24.1 Å². The van der Waals surface area contributed by atoms with E-state index in [1.54, 1.807) is 30.2 Å². The number of hydrogen-bond acceptors (Lipinski definition) is 4. The number of rotatable bonds is 7. The Morgan fingerprint density at radius 1 is 1.03 bits per heavy atom. The predicted octanol–water partition coefficient (Wildman–Crippen LogP) is 2.70. The monoisotopic (exact) mass is 411 g/mol. The molecule has 0 aromatic heterocycles. The fourth-order valence-electron chi connectivity index (χ4n) is 3.26. The fraction of sp³-hybridized carbons (Fsp3) is 0.304. The lowest BCUT2D eigenvalue weighted by molar-refractivity contribution is -0.131. The first-order valence-corrected chi connectivity index (χ1v) is 9.93. The molecule has 1 aliphatic heterocycles. The van der Waals surface area contributed by atoms with E-state index < -0.39 is 0 Å². The van der Waals surface area contributed by atoms with E-state index in [1.165, 1.54) is 18.2 Å². The molecule has 0 bridgehead atoms. The van der Waals surface area contributed by atoms with Gasteiger partial charge in [-0.1, -0.05) is 12.1 Å². The third-order valence-corrected chi connectivity index (χ3v) is 5.01. The molecule has 6 nitrogen and oxygen atoms in total. The maximum absolute atomic E-state index is 13.0. The van der Waals surface area contributed by atoms with Crippen LogP contribution in [0.3, 0.4) is 0 Å². The molecule has 1 N–H and O–H groups in total. The molecular weight excluding hydrogens is 385 g/mol. The van der Waals surface area contributed by atoms with Gasteiger partial charge in [0.15, 0.2) is 0 Å². The molecule has 7 heteroatoms. The number of piperazine rings is 1. The minimum atomic E-state index is -0.256. The third kappa shape index (κ3) is 6.07. The van der Waals surface area contributed by atoms with Crippen LogP contribution in [0.1, 0.15) is 12.0 Å². The van der Waals surface area contributed by atoms with Crippen molar-refractivity contribution in [3.8, 4) is 5.75 Å². The molecule has 2 aromatic rings. The first-order valence-electron chi connectivity index (χ1n) is 9.93. The molecule has 2 amide bonds. The van der Waals surface area contributed by atoms with Crippen molar-refractivity contribution in [1.29, 1.82) is 0 Å². The van der Waals surface area contributed by atoms with Gasteiger partial charge in [0, 0.05) is 50.9 Å². The number of nitrogens with one attached hydrogen (secondary N) is 1. The lowest BCUT2D eigenvalue weighted by Gasteiger charge is -2.36. The Hall–Kier alpha value is -3.35. The number of benzene rings is 2. The Kier molecular flexibility index (Phi) is 7.43. The zero-order valence-electron chi connectivity index (χ0n) is 17.0. The normalized spacial score (nSPS) is 14.1. The molecule has 2 aromatic carbocycles. The molecule has 0 unspecified atom stereocenters. The summed E-state index contributed by atoms with van der Waals surface area (Å²) in [5.74, 6) is 0.287. The minimum absolute atomic E-state index is 0.0215. The second kappa shape index (κ2) is 10.4. The molecule has 1 saturated heterocycles. The Morgan fingerprint density at radius 3 is 2.33 bits per heavy atom. The number of amides is 2. The number of nitrogens with zero attached hydrogens (tertiary/aromatic N) is 2. The number of methoxy groups -OCH3 is 1. The van der Waals surface area contributed by atoms with Crippen molar-refractivity contribution in [2.24, 2.45) is 0 Å². The molecule has 1 aliphatic rings. The van der Waals surface area contributed by atoms with Gasteiger partial charge in [-0.05, 0) is 48.0 Å². The Morgan fingerprint density at radius 2 is 1.70 bits per heavy atom. The fourth-order valence-corrected chi connectivity index (χ4v) is 3.26. The van der Waals surface area contributed by atoms with Crippen molar-refractivity contribution < 1.29 is 18.7 Å². The van der Waals surface area contributed by atoms with Gasteiger partial charge in [-0.2, -0.15) is 0 Å². The summed E-state index contributed by atoms with van der Waals surface area (Å²) in [4.78, 5) is 28.3. The van der Waals surface area contributed by atoms with Crippen molar-refractivity contribution in [2.45, 2.75) is 6.42 Å². The quantitative estimate of drug-likeness (QED) is 0.712. The summed E-state index contributed by atoms with van der Waals surface area (Å²) in [5, 5.41) is 2.74. The van der Waals surface area contributed by atoms with E-state index >= 15 is 0 Å². The zero-order chi connectivity index (χ0) is 21.3. The molecule has 0 radical (unpaired) electrons. The second-order valence-corrected chi connectivity index (χ2v) is 6.99. The highest BCUT2D eigenvalue weighted by molar-refractivity contribution is 5.92. The van der Waals surface area contributed by atoms with Crippen LogP contribution in [0.5, 0.6) is 5.75 Å². The summed E-state index contributed by atoms with van der Waals surface area (Å²) in [6, 6.07) is 13.8. The van der Waals surface area contributed by atoms with Crippen LogP contribution in [0.25, 0.3) is 6.08 Å². The van der Waals surface area contributed by atoms with Gasteiger partial charge >= 0.3 is 0 Å². The van der Waals surface area contributed by atoms with Crippen molar-refractivity contribution in [3.63, 3.8) is 0 Å². The lowest BCUT2D eigenvalue weighted by Crippen LogP contribution is -2.49. The number of halogens is 1. The van der Waals surface area contributed by atoms with Crippen LogP contribution in [0.15, 0.2) is 54.6 Å². The van der Waals surface area contributed by atoms with E-state index in [2.05, 4.69) is 10.2 Å². The highest BCUT2D eigenvalue weighted by Gasteiger charge is 2.21. The van der Waals surface area contributed by atoms with Crippen LogP contribution in [-0.2, 0) is 9.59 Å². The molecule has 0 aliphatic carbocycles. The van der Waals surface area contributed by atoms with E-state index in [4.69, 9.17) is 4.74 Å². The van der Waals surface area contributed by atoms with E-state index in [1.807, 2.05) is 24.3 Å². The SMILES string of the molecule is COc1ccc(/C=C/C(=O)NCCC(=O)N2CCN(c3ccc(F)cc3)CC2)cc1. The molecule has 0 spiro atoms. The summed E-state index contributed by atoms with van der Waals surface area (Å²) in [5.41, 5.74) is 1.85. The van der Waals surface area contributed by atoms with Gasteiger partial charge in [0.25, 0.3) is 0 Å². The average molecular weight is 411 g/mol. The van der Waals surface area contributed by atoms with Crippen molar-refractivity contribution in [3.05, 3.63) is 66.0 Å². The van der Waals surface area contributed by atoms with Gasteiger partial charge in [-0.15, -0.1) is 0 Å². The number of hydrogen-bond donors (Lipinski definition) is 1. The third-order valence-electron chi connectivity index (χ3n) is 5.01. The molecule has 3 rings (SSSR count). The van der Waals surface area contributed by atoms with Crippen LogP contribution in [0, 0.1) is 5.82 Å². The Balaban J connectivity index is 1.36. The molecule has 158 valence electrons. The average Bonchev–Trinajstić information content (AvgIpc) is 2.78. The molecule has 1 heterocycles. The van der Waals surface area contributed by atoms with Crippen molar-refractivity contribution in [1.82, 2.24) is 10.2 Å². The van der Waals surface area contributed by atoms with Crippen LogP contribution in [0.2, 0.25) is 0 Å². The smallest absolute Gasteiger partial charge is 0.244 e. The standard InChI is InChI=1S/C23H26FN3O3/c1-30-21-9-2-18(3-10-21)4-11-22(28)25-13-12-23(29)27-16-14-26(15-17-27)20-7-5-19(24)6-8-20/h2-11H,12-17H2,1H3,(H,25,28)/b11-4+. The van der Waals surface area contributed by atoms with Crippen molar-refractivity contribution in [2.75, 3.05) is 44.7 Å². The summed E-state index contributed by atoms with van der Waals surface area (Å²) in [6.07, 6.45) is 3.43. The molecule has 0 atom stereocenters. The van der Waals surface area contributed by atoms with Crippen LogP contribution < -0.4 is 15.0 Å². The number of ether oxygens (including phenoxy) is 1. The topological polar surface area (TPSA) is 61.9 Å². The van der Waals surface area contributed by atoms with E-state index in [0.29, 0.717) is 32.7 Å². The van der Waals surface area contributed by atoms with Gasteiger partial charge in [-0.3, -0.25) is 9.59 Å². The van der Waals surface area contributed by atoms with Crippen LogP contribution >= 0.6 is 0 Å². The molecule has 0 saturated carbocycles. The maximum atomic E-state index is 13.0. The van der Waals surface area contributed by atoms with Crippen LogP contribution in [-0.4, -0.2) is 56.5 Å². The summed E-state index contributed by atoms with van der Waals surface area (Å²) in [6.45, 7) is 2.93. The van der Waals surface area contributed by atoms with E-state index in [0.717, 1.165) is 17.0 Å². The summed E-state index contributed by atoms with van der Waals surface area (Å²) in [7, 11) is 1.60. The van der Waals surface area contributed by atoms with Crippen LogP contribution in [0.4, 0.5) is 10.1 Å². The number of anilines is 1. The Labute approximate surface area is 175 Å².